The average Bonchev–Trinajstić information content (AvgIpc) is 3.93. The van der Waals surface area contributed by atoms with Gasteiger partial charge in [-0.25, -0.2) is 0 Å². The lowest BCUT2D eigenvalue weighted by molar-refractivity contribution is 0.670. The molecule has 0 aliphatic heterocycles. The molecule has 0 amide bonds. The van der Waals surface area contributed by atoms with Gasteiger partial charge in [0.25, 0.3) is 0 Å². The van der Waals surface area contributed by atoms with Gasteiger partial charge in [-0.15, -0.1) is 0 Å². The Labute approximate surface area is 376 Å². The Bertz CT molecular complexity index is 3900. The standard InChI is InChI=1S/C62H40N2O/c1-2-19-50-42(14-1)30-31-44-15-12-28-59(61(44)50)63(48-38-34-43(35-39-48)51-23-13-24-55-54-22-6-10-29-60(54)65-62(51)55)47-36-32-41(33-37-47)45-16-11-17-46(40-45)49-18-3-7-25-56(49)64-57-26-8-4-20-52(57)53-21-5-9-27-58(53)64/h1-40H. The Morgan fingerprint density at radius 1 is 0.338 bits per heavy atom. The van der Waals surface area contributed by atoms with Crippen LogP contribution in [0.4, 0.5) is 17.1 Å². The number of aromatic nitrogens is 1. The van der Waals surface area contributed by atoms with Gasteiger partial charge in [-0.05, 0) is 99.1 Å². The quantitative estimate of drug-likeness (QED) is 0.149. The topological polar surface area (TPSA) is 21.3 Å². The molecule has 2 heterocycles. The minimum Gasteiger partial charge on any atom is -0.455 e. The van der Waals surface area contributed by atoms with Crippen LogP contribution in [0.5, 0.6) is 0 Å². The van der Waals surface area contributed by atoms with Crippen molar-refractivity contribution in [3.63, 3.8) is 0 Å². The van der Waals surface area contributed by atoms with Gasteiger partial charge >= 0.3 is 0 Å². The zero-order chi connectivity index (χ0) is 42.8. The Morgan fingerprint density at radius 2 is 0.892 bits per heavy atom. The highest BCUT2D eigenvalue weighted by molar-refractivity contribution is 6.15. The maximum atomic E-state index is 6.47. The lowest BCUT2D eigenvalue weighted by atomic mass is 9.97. The Hall–Kier alpha value is -8.66. The van der Waals surface area contributed by atoms with E-state index in [1.54, 1.807) is 0 Å². The number of hydrogen-bond donors (Lipinski definition) is 0. The molecule has 2 aromatic heterocycles. The minimum atomic E-state index is 0.903. The van der Waals surface area contributed by atoms with Crippen molar-refractivity contribution < 1.29 is 4.42 Å². The number of fused-ring (bicyclic) bond motifs is 9. The molecule has 0 fully saturated rings. The number of anilines is 3. The number of furan rings is 1. The van der Waals surface area contributed by atoms with Crippen molar-refractivity contribution in [3.05, 3.63) is 243 Å². The number of rotatable bonds is 7. The summed E-state index contributed by atoms with van der Waals surface area (Å²) in [7, 11) is 0. The maximum Gasteiger partial charge on any atom is 0.143 e. The molecule has 0 N–H and O–H groups in total. The van der Waals surface area contributed by atoms with E-state index < -0.39 is 0 Å². The van der Waals surface area contributed by atoms with E-state index in [2.05, 4.69) is 240 Å². The van der Waals surface area contributed by atoms with Crippen LogP contribution in [0.3, 0.4) is 0 Å². The Balaban J connectivity index is 0.918. The number of benzene rings is 11. The van der Waals surface area contributed by atoms with Crippen LogP contribution in [0.15, 0.2) is 247 Å². The first-order valence-corrected chi connectivity index (χ1v) is 22.2. The lowest BCUT2D eigenvalue weighted by Crippen LogP contribution is -2.10. The first-order valence-electron chi connectivity index (χ1n) is 22.2. The van der Waals surface area contributed by atoms with Crippen LogP contribution in [0.25, 0.3) is 104 Å². The largest absolute Gasteiger partial charge is 0.455 e. The van der Waals surface area contributed by atoms with Crippen LogP contribution < -0.4 is 4.90 Å². The number of nitrogens with zero attached hydrogens (tertiary/aromatic N) is 2. The molecule has 0 aliphatic rings. The number of hydrogen-bond acceptors (Lipinski definition) is 2. The molecule has 0 unspecified atom stereocenters. The molecule has 0 saturated heterocycles. The summed E-state index contributed by atoms with van der Waals surface area (Å²) in [5.41, 5.74) is 15.5. The molecule has 3 heteroatoms. The molecular formula is C62H40N2O. The fraction of sp³-hybridized carbons (Fsp3) is 0. The smallest absolute Gasteiger partial charge is 0.143 e. The second kappa shape index (κ2) is 15.0. The molecular weight excluding hydrogens is 789 g/mol. The second-order valence-electron chi connectivity index (χ2n) is 16.8. The van der Waals surface area contributed by atoms with Crippen LogP contribution in [0.2, 0.25) is 0 Å². The summed E-state index contributed by atoms with van der Waals surface area (Å²) in [6.07, 6.45) is 0. The third kappa shape index (κ3) is 6.05. The van der Waals surface area contributed by atoms with Crippen molar-refractivity contribution in [2.24, 2.45) is 0 Å². The zero-order valence-electron chi connectivity index (χ0n) is 35.4. The maximum absolute atomic E-state index is 6.47. The molecule has 65 heavy (non-hydrogen) atoms. The van der Waals surface area contributed by atoms with Gasteiger partial charge in [0.1, 0.15) is 11.2 Å². The monoisotopic (exact) mass is 828 g/mol. The normalized spacial score (nSPS) is 11.7. The molecule has 0 atom stereocenters. The van der Waals surface area contributed by atoms with Crippen molar-refractivity contribution in [2.75, 3.05) is 4.90 Å². The van der Waals surface area contributed by atoms with E-state index in [9.17, 15) is 0 Å². The fourth-order valence-electron chi connectivity index (χ4n) is 10.2. The van der Waals surface area contributed by atoms with Crippen molar-refractivity contribution >= 4 is 82.4 Å². The molecule has 304 valence electrons. The third-order valence-corrected chi connectivity index (χ3v) is 13.2. The first-order chi connectivity index (χ1) is 32.2. The van der Waals surface area contributed by atoms with Gasteiger partial charge < -0.3 is 13.9 Å². The second-order valence-corrected chi connectivity index (χ2v) is 16.8. The molecule has 13 aromatic rings. The van der Waals surface area contributed by atoms with Crippen molar-refractivity contribution in [3.8, 4) is 39.1 Å². The SMILES string of the molecule is c1cc(-c2ccc(N(c3ccc(-c4cccc5c4oc4ccccc45)cc3)c3cccc4ccc5ccccc5c34)cc2)cc(-c2ccccc2-n2c3ccccc3c3ccccc32)c1. The van der Waals surface area contributed by atoms with Crippen LogP contribution in [-0.2, 0) is 0 Å². The van der Waals surface area contributed by atoms with E-state index in [1.165, 1.54) is 54.5 Å². The summed E-state index contributed by atoms with van der Waals surface area (Å²) in [4.78, 5) is 2.41. The van der Waals surface area contributed by atoms with E-state index in [1.807, 2.05) is 12.1 Å². The molecule has 0 radical (unpaired) electrons. The molecule has 13 rings (SSSR count). The average molecular weight is 829 g/mol. The zero-order valence-corrected chi connectivity index (χ0v) is 35.4. The molecule has 0 spiro atoms. The summed E-state index contributed by atoms with van der Waals surface area (Å²) in [6, 6.07) is 87.7. The molecule has 0 bridgehead atoms. The van der Waals surface area contributed by atoms with Crippen LogP contribution in [-0.4, -0.2) is 4.57 Å². The van der Waals surface area contributed by atoms with Crippen LogP contribution in [0, 0.1) is 0 Å². The van der Waals surface area contributed by atoms with Gasteiger partial charge in [-0.3, -0.25) is 0 Å². The highest BCUT2D eigenvalue weighted by Crippen LogP contribution is 2.44. The lowest BCUT2D eigenvalue weighted by Gasteiger charge is -2.28. The van der Waals surface area contributed by atoms with Gasteiger partial charge in [0.15, 0.2) is 0 Å². The fourth-order valence-corrected chi connectivity index (χ4v) is 10.2. The van der Waals surface area contributed by atoms with Crippen LogP contribution >= 0.6 is 0 Å². The van der Waals surface area contributed by atoms with E-state index >= 15 is 0 Å². The van der Waals surface area contributed by atoms with Gasteiger partial charge in [0, 0.05) is 49.4 Å². The Morgan fingerprint density at radius 3 is 1.68 bits per heavy atom. The minimum absolute atomic E-state index is 0.903. The molecule has 0 aliphatic carbocycles. The predicted molar refractivity (Wildman–Crippen MR) is 274 cm³/mol. The molecule has 0 saturated carbocycles. The summed E-state index contributed by atoms with van der Waals surface area (Å²) in [5.74, 6) is 0. The summed E-state index contributed by atoms with van der Waals surface area (Å²) in [5, 5.41) is 9.65. The highest BCUT2D eigenvalue weighted by atomic mass is 16.3. The number of para-hydroxylation sites is 5. The summed E-state index contributed by atoms with van der Waals surface area (Å²) < 4.78 is 8.88. The van der Waals surface area contributed by atoms with Gasteiger partial charge in [0.2, 0.25) is 0 Å². The third-order valence-electron chi connectivity index (χ3n) is 13.2. The molecule has 3 nitrogen and oxygen atoms in total. The molecule has 11 aromatic carbocycles. The van der Waals surface area contributed by atoms with Crippen molar-refractivity contribution in [2.45, 2.75) is 0 Å². The van der Waals surface area contributed by atoms with Gasteiger partial charge in [-0.2, -0.15) is 0 Å². The van der Waals surface area contributed by atoms with Crippen LogP contribution in [0.1, 0.15) is 0 Å². The predicted octanol–water partition coefficient (Wildman–Crippen LogP) is 17.5. The van der Waals surface area contributed by atoms with Gasteiger partial charge in [-0.1, -0.05) is 182 Å². The summed E-state index contributed by atoms with van der Waals surface area (Å²) >= 11 is 0. The highest BCUT2D eigenvalue weighted by Gasteiger charge is 2.20. The van der Waals surface area contributed by atoms with Crippen molar-refractivity contribution in [1.82, 2.24) is 4.57 Å². The first kappa shape index (κ1) is 36.9. The van der Waals surface area contributed by atoms with Crippen molar-refractivity contribution in [1.29, 1.82) is 0 Å². The summed E-state index contributed by atoms with van der Waals surface area (Å²) in [6.45, 7) is 0. The van der Waals surface area contributed by atoms with E-state index in [4.69, 9.17) is 4.42 Å². The van der Waals surface area contributed by atoms with E-state index in [0.29, 0.717) is 0 Å². The Kier molecular flexibility index (Phi) is 8.53. The van der Waals surface area contributed by atoms with E-state index in [0.717, 1.165) is 66.9 Å². The van der Waals surface area contributed by atoms with Gasteiger partial charge in [0.05, 0.1) is 22.4 Å². The van der Waals surface area contributed by atoms with E-state index in [-0.39, 0.29) is 0 Å².